The molecule has 11 heavy (non-hydrogen) atoms. The molecular formula is C9H21NO. The Morgan fingerprint density at radius 3 is 2.27 bits per heavy atom. The van der Waals surface area contributed by atoms with Gasteiger partial charge in [-0.2, -0.15) is 0 Å². The molecule has 1 fully saturated rings. The number of rotatable bonds is 3. The first kappa shape index (κ1) is 10.9. The van der Waals surface area contributed by atoms with Gasteiger partial charge in [0, 0.05) is 0 Å². The molecule has 0 amide bonds. The molecule has 1 rings (SSSR count). The Hall–Kier alpha value is -0.0800. The second-order valence-corrected chi connectivity index (χ2v) is 2.81. The van der Waals surface area contributed by atoms with E-state index in [1.165, 1.54) is 25.7 Å². The topological polar surface area (TPSA) is 35.2 Å². The van der Waals surface area contributed by atoms with Gasteiger partial charge in [-0.15, -0.1) is 0 Å². The fourth-order valence-electron chi connectivity index (χ4n) is 1.53. The SMILES string of the molecule is CC.NOCCC1CCCC1. The fraction of sp³-hybridized carbons (Fsp3) is 1.00. The van der Waals surface area contributed by atoms with Crippen LogP contribution < -0.4 is 5.90 Å². The monoisotopic (exact) mass is 159 g/mol. The van der Waals surface area contributed by atoms with Crippen LogP contribution in [0.4, 0.5) is 0 Å². The summed E-state index contributed by atoms with van der Waals surface area (Å²) in [7, 11) is 0. The van der Waals surface area contributed by atoms with Crippen LogP contribution in [-0.2, 0) is 4.84 Å². The Balaban J connectivity index is 0.000000461. The minimum absolute atomic E-state index is 0.741. The average Bonchev–Trinajstić information content (AvgIpc) is 2.57. The Kier molecular flexibility index (Phi) is 7.96. The lowest BCUT2D eigenvalue weighted by molar-refractivity contribution is 0.123. The molecule has 2 N–H and O–H groups in total. The summed E-state index contributed by atoms with van der Waals surface area (Å²) in [5.41, 5.74) is 0. The highest BCUT2D eigenvalue weighted by Crippen LogP contribution is 2.26. The van der Waals surface area contributed by atoms with Crippen molar-refractivity contribution in [1.82, 2.24) is 0 Å². The molecule has 0 aromatic carbocycles. The molecule has 1 aliphatic carbocycles. The van der Waals surface area contributed by atoms with E-state index in [1.54, 1.807) is 0 Å². The second-order valence-electron chi connectivity index (χ2n) is 2.81. The summed E-state index contributed by atoms with van der Waals surface area (Å²) in [6.45, 7) is 4.74. The zero-order chi connectivity index (χ0) is 8.53. The largest absolute Gasteiger partial charge is 0.305 e. The van der Waals surface area contributed by atoms with Crippen LogP contribution in [0.25, 0.3) is 0 Å². The smallest absolute Gasteiger partial charge is 0.0681 e. The van der Waals surface area contributed by atoms with E-state index in [9.17, 15) is 0 Å². The van der Waals surface area contributed by atoms with Crippen molar-refractivity contribution in [3.05, 3.63) is 0 Å². The van der Waals surface area contributed by atoms with E-state index in [-0.39, 0.29) is 0 Å². The van der Waals surface area contributed by atoms with Crippen LogP contribution in [0.5, 0.6) is 0 Å². The van der Waals surface area contributed by atoms with Crippen LogP contribution in [0.15, 0.2) is 0 Å². The normalized spacial score (nSPS) is 17.7. The van der Waals surface area contributed by atoms with Gasteiger partial charge in [0.15, 0.2) is 0 Å². The molecule has 0 radical (unpaired) electrons. The summed E-state index contributed by atoms with van der Waals surface area (Å²) in [6.07, 6.45) is 6.77. The van der Waals surface area contributed by atoms with Crippen molar-refractivity contribution < 1.29 is 4.84 Å². The van der Waals surface area contributed by atoms with Gasteiger partial charge in [0.05, 0.1) is 6.61 Å². The van der Waals surface area contributed by atoms with Crippen molar-refractivity contribution in [1.29, 1.82) is 0 Å². The van der Waals surface area contributed by atoms with Gasteiger partial charge in [-0.25, -0.2) is 5.90 Å². The lowest BCUT2D eigenvalue weighted by atomic mass is 10.1. The van der Waals surface area contributed by atoms with Gasteiger partial charge in [-0.1, -0.05) is 39.5 Å². The zero-order valence-corrected chi connectivity index (χ0v) is 7.81. The third-order valence-corrected chi connectivity index (χ3v) is 2.12. The van der Waals surface area contributed by atoms with Crippen LogP contribution in [-0.4, -0.2) is 6.61 Å². The summed E-state index contributed by atoms with van der Waals surface area (Å²) in [4.78, 5) is 4.50. The molecule has 0 saturated heterocycles. The second kappa shape index (κ2) is 8.02. The predicted octanol–water partition coefficient (Wildman–Crippen LogP) is 2.48. The minimum Gasteiger partial charge on any atom is -0.305 e. The van der Waals surface area contributed by atoms with E-state index in [0.29, 0.717) is 0 Å². The third-order valence-electron chi connectivity index (χ3n) is 2.12. The summed E-state index contributed by atoms with van der Waals surface area (Å²) in [5.74, 6) is 5.82. The van der Waals surface area contributed by atoms with E-state index in [2.05, 4.69) is 4.84 Å². The predicted molar refractivity (Wildman–Crippen MR) is 48.1 cm³/mol. The number of hydrogen-bond acceptors (Lipinski definition) is 2. The van der Waals surface area contributed by atoms with Gasteiger partial charge in [0.1, 0.15) is 0 Å². The van der Waals surface area contributed by atoms with Crippen LogP contribution in [0, 0.1) is 5.92 Å². The molecule has 0 bridgehead atoms. The van der Waals surface area contributed by atoms with Crippen molar-refractivity contribution in [2.24, 2.45) is 11.8 Å². The molecule has 0 atom stereocenters. The molecule has 1 saturated carbocycles. The molecule has 68 valence electrons. The van der Waals surface area contributed by atoms with Gasteiger partial charge in [-0.3, -0.25) is 0 Å². The highest BCUT2D eigenvalue weighted by molar-refractivity contribution is 4.66. The van der Waals surface area contributed by atoms with Gasteiger partial charge in [0.25, 0.3) is 0 Å². The van der Waals surface area contributed by atoms with E-state index in [4.69, 9.17) is 5.90 Å². The molecule has 2 nitrogen and oxygen atoms in total. The Bertz CT molecular complexity index is 70.0. The van der Waals surface area contributed by atoms with Crippen molar-refractivity contribution >= 4 is 0 Å². The van der Waals surface area contributed by atoms with Gasteiger partial charge in [0.2, 0.25) is 0 Å². The van der Waals surface area contributed by atoms with E-state index in [0.717, 1.165) is 18.9 Å². The lowest BCUT2D eigenvalue weighted by Crippen LogP contribution is -2.05. The maximum Gasteiger partial charge on any atom is 0.0681 e. The molecule has 0 aliphatic heterocycles. The van der Waals surface area contributed by atoms with Crippen LogP contribution in [0.3, 0.4) is 0 Å². The fourth-order valence-corrected chi connectivity index (χ4v) is 1.53. The summed E-state index contributed by atoms with van der Waals surface area (Å²) in [6, 6.07) is 0. The molecule has 0 heterocycles. The first-order valence-electron chi connectivity index (χ1n) is 4.75. The Morgan fingerprint density at radius 1 is 1.27 bits per heavy atom. The van der Waals surface area contributed by atoms with E-state index in [1.807, 2.05) is 13.8 Å². The third kappa shape index (κ3) is 5.22. The Morgan fingerprint density at radius 2 is 1.82 bits per heavy atom. The molecule has 0 unspecified atom stereocenters. The maximum absolute atomic E-state index is 4.91. The molecule has 0 aromatic heterocycles. The van der Waals surface area contributed by atoms with Gasteiger partial charge < -0.3 is 4.84 Å². The quantitative estimate of drug-likeness (QED) is 0.642. The minimum atomic E-state index is 0.741. The summed E-state index contributed by atoms with van der Waals surface area (Å²) >= 11 is 0. The zero-order valence-electron chi connectivity index (χ0n) is 7.81. The lowest BCUT2D eigenvalue weighted by Gasteiger charge is -2.05. The molecule has 0 aromatic rings. The summed E-state index contributed by atoms with van der Waals surface area (Å²) in [5, 5.41) is 0. The molecule has 0 spiro atoms. The average molecular weight is 159 g/mol. The van der Waals surface area contributed by atoms with Crippen molar-refractivity contribution in [3.63, 3.8) is 0 Å². The van der Waals surface area contributed by atoms with E-state index >= 15 is 0 Å². The van der Waals surface area contributed by atoms with Crippen LogP contribution in [0.1, 0.15) is 46.0 Å². The van der Waals surface area contributed by atoms with Crippen molar-refractivity contribution in [2.75, 3.05) is 6.61 Å². The van der Waals surface area contributed by atoms with Gasteiger partial charge >= 0.3 is 0 Å². The van der Waals surface area contributed by atoms with Crippen molar-refractivity contribution in [3.8, 4) is 0 Å². The Labute approximate surface area is 70.1 Å². The standard InChI is InChI=1S/C7H15NO.C2H6/c8-9-6-5-7-3-1-2-4-7;1-2/h7H,1-6,8H2;1-2H3. The molecular weight excluding hydrogens is 138 g/mol. The van der Waals surface area contributed by atoms with E-state index < -0.39 is 0 Å². The summed E-state index contributed by atoms with van der Waals surface area (Å²) < 4.78 is 0. The number of nitrogens with two attached hydrogens (primary N) is 1. The first-order valence-corrected chi connectivity index (χ1v) is 4.75. The molecule has 2 heteroatoms. The number of hydrogen-bond donors (Lipinski definition) is 1. The van der Waals surface area contributed by atoms with Crippen molar-refractivity contribution in [2.45, 2.75) is 46.0 Å². The van der Waals surface area contributed by atoms with Crippen LogP contribution in [0.2, 0.25) is 0 Å². The maximum atomic E-state index is 4.91. The van der Waals surface area contributed by atoms with Crippen LogP contribution >= 0.6 is 0 Å². The highest BCUT2D eigenvalue weighted by atomic mass is 16.6. The molecule has 1 aliphatic rings. The van der Waals surface area contributed by atoms with Gasteiger partial charge in [-0.05, 0) is 12.3 Å². The first-order chi connectivity index (χ1) is 5.43. The highest BCUT2D eigenvalue weighted by Gasteiger charge is 2.13.